The van der Waals surface area contributed by atoms with Crippen LogP contribution in [0.5, 0.6) is 5.75 Å². The predicted molar refractivity (Wildman–Crippen MR) is 147 cm³/mol. The van der Waals surface area contributed by atoms with E-state index in [1.165, 1.54) is 13.4 Å². The van der Waals surface area contributed by atoms with Crippen LogP contribution < -0.4 is 15.4 Å². The molecule has 210 valence electrons. The van der Waals surface area contributed by atoms with Gasteiger partial charge in [0.1, 0.15) is 23.5 Å². The summed E-state index contributed by atoms with van der Waals surface area (Å²) < 4.78 is 24.0. The van der Waals surface area contributed by atoms with Crippen LogP contribution in [0.25, 0.3) is 11.6 Å². The third kappa shape index (κ3) is 3.62. The Balaban J connectivity index is 1.57. The summed E-state index contributed by atoms with van der Waals surface area (Å²) in [6.45, 7) is 7.98. The third-order valence-electron chi connectivity index (χ3n) is 8.24. The molecular weight excluding hydrogens is 524 g/mol. The minimum atomic E-state index is -0.961. The number of nitrogens with zero attached hydrogens (tertiary/aromatic N) is 2. The molecule has 0 aliphatic carbocycles. The SMILES string of the molecule is COC(=O)c1coc(-c2nc3oc2[C@@]24c5ccccc5N[C@@H]2Oc2ccc(cc24)C[C@H](C)C(=O)N[C@H]3C(C)(C)C)n1. The van der Waals surface area contributed by atoms with Crippen molar-refractivity contribution in [3.63, 3.8) is 0 Å². The first-order chi connectivity index (χ1) is 19.6. The van der Waals surface area contributed by atoms with E-state index < -0.39 is 29.1 Å². The van der Waals surface area contributed by atoms with Gasteiger partial charge in [-0.15, -0.1) is 0 Å². The molecule has 4 bridgehead atoms. The zero-order valence-electron chi connectivity index (χ0n) is 23.4. The van der Waals surface area contributed by atoms with E-state index in [4.69, 9.17) is 23.3 Å². The molecule has 3 aliphatic rings. The highest BCUT2D eigenvalue weighted by Crippen LogP contribution is 2.59. The van der Waals surface area contributed by atoms with E-state index in [0.717, 1.165) is 22.4 Å². The Morgan fingerprint density at radius 3 is 2.68 bits per heavy atom. The summed E-state index contributed by atoms with van der Waals surface area (Å²) in [4.78, 5) is 35.1. The molecule has 10 heteroatoms. The number of rotatable bonds is 2. The van der Waals surface area contributed by atoms with E-state index in [2.05, 4.69) is 21.7 Å². The lowest BCUT2D eigenvalue weighted by molar-refractivity contribution is -0.126. The highest BCUT2D eigenvalue weighted by Gasteiger charge is 2.61. The number of aromatic nitrogens is 2. The molecular formula is C31H30N4O6. The molecule has 0 radical (unpaired) electrons. The van der Waals surface area contributed by atoms with Crippen LogP contribution in [-0.2, 0) is 21.4 Å². The van der Waals surface area contributed by atoms with Gasteiger partial charge in [0.15, 0.2) is 23.4 Å². The van der Waals surface area contributed by atoms with Gasteiger partial charge in [0.25, 0.3) is 0 Å². The van der Waals surface area contributed by atoms with Crippen LogP contribution in [0.2, 0.25) is 0 Å². The molecule has 1 amide bonds. The van der Waals surface area contributed by atoms with E-state index in [-0.39, 0.29) is 23.4 Å². The molecule has 0 saturated heterocycles. The molecule has 4 aromatic rings. The number of hydrogen-bond donors (Lipinski definition) is 2. The Kier molecular flexibility index (Phi) is 5.38. The number of anilines is 1. The van der Waals surface area contributed by atoms with E-state index in [0.29, 0.717) is 29.5 Å². The fourth-order valence-electron chi connectivity index (χ4n) is 6.19. The molecule has 7 rings (SSSR count). The number of carbonyl (C=O) groups is 2. The maximum Gasteiger partial charge on any atom is 0.360 e. The monoisotopic (exact) mass is 554 g/mol. The Morgan fingerprint density at radius 1 is 1.10 bits per heavy atom. The largest absolute Gasteiger partial charge is 0.469 e. The van der Waals surface area contributed by atoms with Gasteiger partial charge in [-0.3, -0.25) is 4.79 Å². The maximum absolute atomic E-state index is 13.5. The summed E-state index contributed by atoms with van der Waals surface area (Å²) in [7, 11) is 1.28. The number of carbonyl (C=O) groups excluding carboxylic acids is 2. The summed E-state index contributed by atoms with van der Waals surface area (Å²) in [6, 6.07) is 13.5. The van der Waals surface area contributed by atoms with Crippen molar-refractivity contribution < 1.29 is 27.9 Å². The molecule has 2 N–H and O–H groups in total. The number of methoxy groups -OCH3 is 1. The topological polar surface area (TPSA) is 129 Å². The molecule has 5 heterocycles. The van der Waals surface area contributed by atoms with Gasteiger partial charge < -0.3 is 28.9 Å². The number of hydrogen-bond acceptors (Lipinski definition) is 9. The number of nitrogens with one attached hydrogen (secondary N) is 2. The van der Waals surface area contributed by atoms with Crippen LogP contribution in [0.15, 0.2) is 57.6 Å². The molecule has 0 unspecified atom stereocenters. The molecule has 2 aromatic heterocycles. The van der Waals surface area contributed by atoms with E-state index in [9.17, 15) is 9.59 Å². The zero-order valence-corrected chi connectivity index (χ0v) is 23.4. The highest BCUT2D eigenvalue weighted by molar-refractivity contribution is 5.87. The van der Waals surface area contributed by atoms with Crippen LogP contribution in [0.3, 0.4) is 0 Å². The molecule has 10 nitrogen and oxygen atoms in total. The van der Waals surface area contributed by atoms with Gasteiger partial charge in [-0.05, 0) is 35.1 Å². The third-order valence-corrected chi connectivity index (χ3v) is 8.24. The first kappa shape index (κ1) is 25.4. The van der Waals surface area contributed by atoms with Crippen molar-refractivity contribution in [2.24, 2.45) is 11.3 Å². The normalized spacial score (nSPS) is 24.2. The first-order valence-electron chi connectivity index (χ1n) is 13.6. The lowest BCUT2D eigenvalue weighted by Gasteiger charge is -2.31. The van der Waals surface area contributed by atoms with Gasteiger partial charge in [-0.25, -0.2) is 14.8 Å². The lowest BCUT2D eigenvalue weighted by atomic mass is 9.72. The van der Waals surface area contributed by atoms with Crippen LogP contribution in [0, 0.1) is 11.3 Å². The molecule has 4 atom stereocenters. The van der Waals surface area contributed by atoms with Crippen LogP contribution in [0.1, 0.15) is 72.6 Å². The second-order valence-corrected chi connectivity index (χ2v) is 12.0. The molecule has 0 saturated carbocycles. The second kappa shape index (κ2) is 8.70. The van der Waals surface area contributed by atoms with E-state index in [1.54, 1.807) is 0 Å². The van der Waals surface area contributed by atoms with Crippen molar-refractivity contribution in [2.45, 2.75) is 51.8 Å². The Hall–Kier alpha value is -4.60. The molecule has 41 heavy (non-hydrogen) atoms. The number of fused-ring (bicyclic) bond motifs is 4. The average molecular weight is 555 g/mol. The van der Waals surface area contributed by atoms with Crippen LogP contribution in [0.4, 0.5) is 5.69 Å². The zero-order chi connectivity index (χ0) is 28.7. The fraction of sp³-hybridized carbons (Fsp3) is 0.355. The van der Waals surface area contributed by atoms with Crippen LogP contribution >= 0.6 is 0 Å². The molecule has 3 aliphatic heterocycles. The van der Waals surface area contributed by atoms with Crippen molar-refractivity contribution in [3.05, 3.63) is 82.8 Å². The highest BCUT2D eigenvalue weighted by atomic mass is 16.5. The number of para-hydroxylation sites is 1. The smallest absolute Gasteiger partial charge is 0.360 e. The number of ether oxygens (including phenoxy) is 2. The summed E-state index contributed by atoms with van der Waals surface area (Å²) in [5.41, 5.74) is 2.65. The van der Waals surface area contributed by atoms with E-state index >= 15 is 0 Å². The van der Waals surface area contributed by atoms with Gasteiger partial charge in [0.05, 0.1) is 7.11 Å². The van der Waals surface area contributed by atoms with Crippen molar-refractivity contribution in [1.29, 1.82) is 0 Å². The summed E-state index contributed by atoms with van der Waals surface area (Å²) in [5, 5.41) is 6.73. The summed E-state index contributed by atoms with van der Waals surface area (Å²) in [6.07, 6.45) is 1.24. The maximum atomic E-state index is 13.5. The minimum Gasteiger partial charge on any atom is -0.469 e. The number of esters is 1. The van der Waals surface area contributed by atoms with Gasteiger partial charge in [0.2, 0.25) is 17.7 Å². The van der Waals surface area contributed by atoms with Crippen molar-refractivity contribution in [1.82, 2.24) is 15.3 Å². The molecule has 1 spiro atoms. The molecule has 0 fully saturated rings. The predicted octanol–water partition coefficient (Wildman–Crippen LogP) is 4.99. The lowest BCUT2D eigenvalue weighted by Crippen LogP contribution is -2.41. The second-order valence-electron chi connectivity index (χ2n) is 12.0. The van der Waals surface area contributed by atoms with Gasteiger partial charge in [0, 0.05) is 17.2 Å². The van der Waals surface area contributed by atoms with Gasteiger partial charge in [-0.1, -0.05) is 58.0 Å². The van der Waals surface area contributed by atoms with Gasteiger partial charge >= 0.3 is 5.97 Å². The standard InChI is InChI=1S/C31H30N4O6/c1-15-12-16-10-11-21-18(13-16)31(17-8-6-7-9-19(17)33-29(31)40-21)24-22(26-32-20(14-39-26)28(37)38-5)34-27(41-24)23(30(2,3)4)35-25(15)36/h6-11,13-15,23,29,33H,12H2,1-5H3,(H,35,36)/t15-,23+,29+,31-/m0/s1. The van der Waals surface area contributed by atoms with Crippen molar-refractivity contribution >= 4 is 17.6 Å². The number of benzene rings is 2. The number of amides is 1. The average Bonchev–Trinajstić information content (AvgIpc) is 3.70. The Bertz CT molecular complexity index is 1720. The van der Waals surface area contributed by atoms with Gasteiger partial charge in [-0.2, -0.15) is 0 Å². The summed E-state index contributed by atoms with van der Waals surface area (Å²) >= 11 is 0. The quantitative estimate of drug-likeness (QED) is 0.329. The molecule has 2 aromatic carbocycles. The van der Waals surface area contributed by atoms with E-state index in [1.807, 2.05) is 64.1 Å². The Labute approximate surface area is 236 Å². The number of oxazole rings is 2. The summed E-state index contributed by atoms with van der Waals surface area (Å²) in [5.74, 6) is 0.517. The van der Waals surface area contributed by atoms with Crippen molar-refractivity contribution in [2.75, 3.05) is 12.4 Å². The first-order valence-corrected chi connectivity index (χ1v) is 13.6. The van der Waals surface area contributed by atoms with Crippen LogP contribution in [-0.4, -0.2) is 35.2 Å². The fourth-order valence-corrected chi connectivity index (χ4v) is 6.19. The van der Waals surface area contributed by atoms with Crippen molar-refractivity contribution in [3.8, 4) is 17.3 Å². The Morgan fingerprint density at radius 2 is 1.90 bits per heavy atom. The minimum absolute atomic E-state index is 0.00905.